The van der Waals surface area contributed by atoms with Gasteiger partial charge in [0.1, 0.15) is 11.6 Å². The second kappa shape index (κ2) is 10.8. The van der Waals surface area contributed by atoms with E-state index in [1.807, 2.05) is 0 Å². The van der Waals surface area contributed by atoms with E-state index in [1.54, 1.807) is 0 Å². The predicted octanol–water partition coefficient (Wildman–Crippen LogP) is 5.54. The number of hydrogen-bond acceptors (Lipinski definition) is 5. The van der Waals surface area contributed by atoms with Gasteiger partial charge >= 0.3 is 6.18 Å². The van der Waals surface area contributed by atoms with Crippen LogP contribution in [0.1, 0.15) is 54.1 Å². The van der Waals surface area contributed by atoms with Gasteiger partial charge in [-0.15, -0.1) is 0 Å². The molecule has 0 saturated heterocycles. The highest BCUT2D eigenvalue weighted by molar-refractivity contribution is 6.31. The molecule has 1 aliphatic heterocycles. The molecule has 1 atom stereocenters. The fraction of sp³-hybridized carbons (Fsp3) is 0.107. The molecule has 3 aromatic carbocycles. The standard InChI is InChI=1S/C28H17ClF5N5O3/c1-35-27(42)24-36-10-14(11-37-24)12-6-19-22(23(39-26(19)41)18-9-16(30)2-3-20(18)29)21(7-12)38-25(40)13-4-15(28(32,33)34)8-17(31)5-13/h2-11,23H,1H3,(H,35,42)(H,38,40)(H,39,41). The summed E-state index contributed by atoms with van der Waals surface area (Å²) in [7, 11) is 1.39. The summed E-state index contributed by atoms with van der Waals surface area (Å²) < 4.78 is 68.1. The van der Waals surface area contributed by atoms with E-state index < -0.39 is 52.7 Å². The minimum atomic E-state index is -4.92. The first-order chi connectivity index (χ1) is 19.8. The predicted molar refractivity (Wildman–Crippen MR) is 141 cm³/mol. The van der Waals surface area contributed by atoms with Crippen LogP contribution < -0.4 is 16.0 Å². The number of benzene rings is 3. The Labute approximate surface area is 238 Å². The lowest BCUT2D eigenvalue weighted by Gasteiger charge is -2.19. The second-order valence-electron chi connectivity index (χ2n) is 9.11. The number of hydrogen-bond donors (Lipinski definition) is 3. The number of carbonyl (C=O) groups excluding carboxylic acids is 3. The first kappa shape index (κ1) is 28.6. The summed E-state index contributed by atoms with van der Waals surface area (Å²) in [5.74, 6) is -4.38. The molecule has 1 aromatic heterocycles. The van der Waals surface area contributed by atoms with Crippen molar-refractivity contribution >= 4 is 35.0 Å². The van der Waals surface area contributed by atoms with E-state index in [0.717, 1.165) is 12.1 Å². The van der Waals surface area contributed by atoms with Crippen LogP contribution in [-0.4, -0.2) is 34.7 Å². The maximum atomic E-state index is 14.2. The third-order valence-corrected chi connectivity index (χ3v) is 6.75. The van der Waals surface area contributed by atoms with Gasteiger partial charge in [-0.25, -0.2) is 18.7 Å². The van der Waals surface area contributed by atoms with Crippen molar-refractivity contribution in [3.05, 3.63) is 111 Å². The normalized spacial score (nSPS) is 14.3. The molecule has 0 aliphatic carbocycles. The number of nitrogens with zero attached hydrogens (tertiary/aromatic N) is 2. The Hall–Kier alpha value is -4.91. The highest BCUT2D eigenvalue weighted by Crippen LogP contribution is 2.42. The van der Waals surface area contributed by atoms with Crippen molar-refractivity contribution in [2.75, 3.05) is 12.4 Å². The average Bonchev–Trinajstić information content (AvgIpc) is 3.29. The van der Waals surface area contributed by atoms with Gasteiger partial charge in [-0.2, -0.15) is 13.2 Å². The van der Waals surface area contributed by atoms with Crippen LogP contribution in [0.5, 0.6) is 0 Å². The van der Waals surface area contributed by atoms with Crippen LogP contribution in [0.4, 0.5) is 27.6 Å². The number of fused-ring (bicyclic) bond motifs is 1. The number of rotatable bonds is 5. The number of aromatic nitrogens is 2. The zero-order valence-corrected chi connectivity index (χ0v) is 22.0. The lowest BCUT2D eigenvalue weighted by Crippen LogP contribution is -2.21. The Balaban J connectivity index is 1.65. The first-order valence-corrected chi connectivity index (χ1v) is 12.4. The van der Waals surface area contributed by atoms with Crippen LogP contribution in [0.25, 0.3) is 11.1 Å². The van der Waals surface area contributed by atoms with E-state index in [0.29, 0.717) is 17.7 Å². The van der Waals surface area contributed by atoms with Crippen molar-refractivity contribution in [1.82, 2.24) is 20.6 Å². The van der Waals surface area contributed by atoms with Gasteiger partial charge in [0.05, 0.1) is 11.6 Å². The van der Waals surface area contributed by atoms with E-state index in [-0.39, 0.29) is 44.9 Å². The minimum Gasteiger partial charge on any atom is -0.352 e. The summed E-state index contributed by atoms with van der Waals surface area (Å²) in [6, 6.07) is 6.61. The summed E-state index contributed by atoms with van der Waals surface area (Å²) in [4.78, 5) is 46.1. The van der Waals surface area contributed by atoms with E-state index in [2.05, 4.69) is 25.9 Å². The Morgan fingerprint density at radius 1 is 0.929 bits per heavy atom. The lowest BCUT2D eigenvalue weighted by molar-refractivity contribution is -0.137. The zero-order chi connectivity index (χ0) is 30.3. The van der Waals surface area contributed by atoms with Gasteiger partial charge in [0.2, 0.25) is 5.82 Å². The van der Waals surface area contributed by atoms with E-state index in [4.69, 9.17) is 11.6 Å². The van der Waals surface area contributed by atoms with Crippen molar-refractivity contribution in [3.8, 4) is 11.1 Å². The molecule has 4 aromatic rings. The number of halogens is 6. The molecule has 0 saturated carbocycles. The summed E-state index contributed by atoms with van der Waals surface area (Å²) in [6.45, 7) is 0. The fourth-order valence-electron chi connectivity index (χ4n) is 4.46. The van der Waals surface area contributed by atoms with Gasteiger partial charge in [-0.3, -0.25) is 14.4 Å². The number of anilines is 1. The third-order valence-electron chi connectivity index (χ3n) is 6.41. The fourth-order valence-corrected chi connectivity index (χ4v) is 4.68. The molecule has 5 rings (SSSR count). The molecule has 8 nitrogen and oxygen atoms in total. The van der Waals surface area contributed by atoms with Crippen molar-refractivity contribution in [2.24, 2.45) is 0 Å². The van der Waals surface area contributed by atoms with Crippen LogP contribution in [0.15, 0.2) is 60.9 Å². The molecular weight excluding hydrogens is 585 g/mol. The minimum absolute atomic E-state index is 0.0266. The van der Waals surface area contributed by atoms with E-state index >= 15 is 0 Å². The molecule has 1 aliphatic rings. The number of alkyl halides is 3. The Bertz CT molecular complexity index is 1760. The molecule has 214 valence electrons. The highest BCUT2D eigenvalue weighted by Gasteiger charge is 2.36. The van der Waals surface area contributed by atoms with Crippen LogP contribution >= 0.6 is 11.6 Å². The summed E-state index contributed by atoms with van der Waals surface area (Å²) in [5.41, 5.74) is -1.17. The SMILES string of the molecule is CNC(=O)c1ncc(-c2cc(NC(=O)c3cc(F)cc(C(F)(F)F)c3)c3c(c2)C(=O)NC3c2cc(F)ccc2Cl)cn1. The lowest BCUT2D eigenvalue weighted by atomic mass is 9.93. The molecule has 2 heterocycles. The Morgan fingerprint density at radius 3 is 2.31 bits per heavy atom. The van der Waals surface area contributed by atoms with Crippen molar-refractivity contribution < 1.29 is 36.3 Å². The molecule has 3 N–H and O–H groups in total. The molecule has 0 fully saturated rings. The van der Waals surface area contributed by atoms with Gasteiger partial charge in [0.25, 0.3) is 17.7 Å². The highest BCUT2D eigenvalue weighted by atomic mass is 35.5. The van der Waals surface area contributed by atoms with E-state index in [1.165, 1.54) is 37.6 Å². The van der Waals surface area contributed by atoms with Gasteiger partial charge in [0.15, 0.2) is 0 Å². The molecule has 0 radical (unpaired) electrons. The molecule has 3 amide bonds. The number of carbonyl (C=O) groups is 3. The van der Waals surface area contributed by atoms with Crippen molar-refractivity contribution in [1.29, 1.82) is 0 Å². The van der Waals surface area contributed by atoms with Crippen LogP contribution in [0.2, 0.25) is 5.02 Å². The zero-order valence-electron chi connectivity index (χ0n) is 21.2. The smallest absolute Gasteiger partial charge is 0.352 e. The number of nitrogens with one attached hydrogen (secondary N) is 3. The first-order valence-electron chi connectivity index (χ1n) is 12.0. The molecular formula is C28H17ClF5N5O3. The van der Waals surface area contributed by atoms with Gasteiger partial charge < -0.3 is 16.0 Å². The molecule has 42 heavy (non-hydrogen) atoms. The monoisotopic (exact) mass is 601 g/mol. The third kappa shape index (κ3) is 5.50. The van der Waals surface area contributed by atoms with Crippen molar-refractivity contribution in [3.63, 3.8) is 0 Å². The second-order valence-corrected chi connectivity index (χ2v) is 9.52. The van der Waals surface area contributed by atoms with Crippen LogP contribution in [0.3, 0.4) is 0 Å². The molecule has 1 unspecified atom stereocenters. The maximum Gasteiger partial charge on any atom is 0.416 e. The summed E-state index contributed by atoms with van der Waals surface area (Å²) in [6.07, 6.45) is -2.34. The molecule has 0 bridgehead atoms. The Morgan fingerprint density at radius 2 is 1.64 bits per heavy atom. The van der Waals surface area contributed by atoms with Crippen LogP contribution in [-0.2, 0) is 6.18 Å². The quantitative estimate of drug-likeness (QED) is 0.260. The summed E-state index contributed by atoms with van der Waals surface area (Å²) in [5, 5.41) is 7.60. The summed E-state index contributed by atoms with van der Waals surface area (Å²) >= 11 is 6.30. The van der Waals surface area contributed by atoms with Crippen molar-refractivity contribution in [2.45, 2.75) is 12.2 Å². The number of amides is 3. The van der Waals surface area contributed by atoms with Gasteiger partial charge in [0, 0.05) is 58.0 Å². The topological polar surface area (TPSA) is 113 Å². The van der Waals surface area contributed by atoms with E-state index in [9.17, 15) is 36.3 Å². The van der Waals surface area contributed by atoms with Gasteiger partial charge in [-0.05, 0) is 54.1 Å². The van der Waals surface area contributed by atoms with Crippen LogP contribution in [0, 0.1) is 11.6 Å². The average molecular weight is 602 g/mol. The van der Waals surface area contributed by atoms with Gasteiger partial charge in [-0.1, -0.05) is 11.6 Å². The maximum absolute atomic E-state index is 14.2. The molecule has 14 heteroatoms. The molecule has 0 spiro atoms. The Kier molecular flexibility index (Phi) is 7.37. The largest absolute Gasteiger partial charge is 0.416 e.